The SMILES string of the molecule is COCc1nnc(C(=O)Nc2ccc(C(=O)NCc3ccc4c(c3)OCO4)cc2)s1. The number of benzene rings is 2. The molecule has 9 nitrogen and oxygen atoms in total. The third-order valence-corrected chi connectivity index (χ3v) is 5.12. The Morgan fingerprint density at radius 1 is 1.07 bits per heavy atom. The number of carbonyl (C=O) groups is 2. The molecule has 0 aliphatic carbocycles. The number of anilines is 1. The molecule has 0 unspecified atom stereocenters. The van der Waals surface area contributed by atoms with Crippen LogP contribution in [-0.2, 0) is 17.9 Å². The van der Waals surface area contributed by atoms with Crippen molar-refractivity contribution in [3.8, 4) is 11.5 Å². The Bertz CT molecular complexity index is 1070. The molecule has 30 heavy (non-hydrogen) atoms. The largest absolute Gasteiger partial charge is 0.454 e. The lowest BCUT2D eigenvalue weighted by Gasteiger charge is -2.08. The summed E-state index contributed by atoms with van der Waals surface area (Å²) in [7, 11) is 1.55. The molecule has 1 aromatic heterocycles. The quantitative estimate of drug-likeness (QED) is 0.597. The summed E-state index contributed by atoms with van der Waals surface area (Å²) in [6, 6.07) is 12.1. The van der Waals surface area contributed by atoms with Gasteiger partial charge in [-0.25, -0.2) is 0 Å². The van der Waals surface area contributed by atoms with E-state index in [9.17, 15) is 9.59 Å². The average molecular weight is 426 g/mol. The lowest BCUT2D eigenvalue weighted by atomic mass is 10.1. The van der Waals surface area contributed by atoms with Crippen LogP contribution in [0.25, 0.3) is 0 Å². The number of rotatable bonds is 7. The van der Waals surface area contributed by atoms with Gasteiger partial charge in [-0.15, -0.1) is 10.2 Å². The summed E-state index contributed by atoms with van der Waals surface area (Å²) in [4.78, 5) is 24.6. The van der Waals surface area contributed by atoms with Crippen LogP contribution in [-0.4, -0.2) is 35.9 Å². The molecule has 1 aliphatic rings. The molecule has 0 fully saturated rings. The Labute approximate surface area is 176 Å². The number of nitrogens with one attached hydrogen (secondary N) is 2. The van der Waals surface area contributed by atoms with Crippen LogP contribution in [0.1, 0.15) is 30.7 Å². The molecule has 1 aliphatic heterocycles. The molecule has 2 aromatic carbocycles. The van der Waals surface area contributed by atoms with E-state index in [4.69, 9.17) is 14.2 Å². The Morgan fingerprint density at radius 2 is 1.87 bits per heavy atom. The van der Waals surface area contributed by atoms with Crippen molar-refractivity contribution in [2.24, 2.45) is 0 Å². The number of ether oxygens (including phenoxy) is 3. The molecule has 0 saturated carbocycles. The Morgan fingerprint density at radius 3 is 2.67 bits per heavy atom. The molecular formula is C20H18N4O5S. The summed E-state index contributed by atoms with van der Waals surface area (Å²) in [6.07, 6.45) is 0. The molecule has 3 aromatic rings. The molecule has 154 valence electrons. The number of carbonyl (C=O) groups excluding carboxylic acids is 2. The topological polar surface area (TPSA) is 112 Å². The number of methoxy groups -OCH3 is 1. The highest BCUT2D eigenvalue weighted by atomic mass is 32.1. The summed E-state index contributed by atoms with van der Waals surface area (Å²) in [5.41, 5.74) is 1.93. The summed E-state index contributed by atoms with van der Waals surface area (Å²) in [5.74, 6) is 0.784. The van der Waals surface area contributed by atoms with E-state index in [1.165, 1.54) is 0 Å². The van der Waals surface area contributed by atoms with Gasteiger partial charge in [-0.1, -0.05) is 17.4 Å². The van der Waals surface area contributed by atoms with Crippen molar-refractivity contribution in [2.45, 2.75) is 13.2 Å². The first-order chi connectivity index (χ1) is 14.6. The maximum Gasteiger partial charge on any atom is 0.286 e. The third-order valence-electron chi connectivity index (χ3n) is 4.22. The summed E-state index contributed by atoms with van der Waals surface area (Å²) in [6.45, 7) is 0.872. The van der Waals surface area contributed by atoms with Gasteiger partial charge in [0, 0.05) is 24.9 Å². The third kappa shape index (κ3) is 4.56. The highest BCUT2D eigenvalue weighted by Crippen LogP contribution is 2.32. The van der Waals surface area contributed by atoms with Crippen molar-refractivity contribution < 1.29 is 23.8 Å². The van der Waals surface area contributed by atoms with Crippen LogP contribution in [0.4, 0.5) is 5.69 Å². The molecule has 2 N–H and O–H groups in total. The fraction of sp³-hybridized carbons (Fsp3) is 0.200. The van der Waals surface area contributed by atoms with Crippen molar-refractivity contribution >= 4 is 28.8 Å². The Kier molecular flexibility index (Phi) is 5.87. The van der Waals surface area contributed by atoms with E-state index in [-0.39, 0.29) is 23.6 Å². The molecule has 0 radical (unpaired) electrons. The van der Waals surface area contributed by atoms with E-state index in [0.29, 0.717) is 40.9 Å². The Hall–Kier alpha value is -3.50. The number of hydrogen-bond acceptors (Lipinski definition) is 8. The molecule has 2 amide bonds. The average Bonchev–Trinajstić information content (AvgIpc) is 3.42. The normalized spacial score (nSPS) is 11.9. The second kappa shape index (κ2) is 8.89. The van der Waals surface area contributed by atoms with Gasteiger partial charge in [0.25, 0.3) is 11.8 Å². The maximum atomic E-state index is 12.4. The zero-order chi connectivity index (χ0) is 20.9. The molecule has 0 atom stereocenters. The zero-order valence-corrected chi connectivity index (χ0v) is 16.8. The molecule has 0 bridgehead atoms. The van der Waals surface area contributed by atoms with Crippen LogP contribution in [0.2, 0.25) is 0 Å². The minimum Gasteiger partial charge on any atom is -0.454 e. The molecule has 0 spiro atoms. The smallest absolute Gasteiger partial charge is 0.286 e. The summed E-state index contributed by atoms with van der Waals surface area (Å²) in [5, 5.41) is 14.2. The summed E-state index contributed by atoms with van der Waals surface area (Å²) >= 11 is 1.16. The van der Waals surface area contributed by atoms with E-state index < -0.39 is 0 Å². The number of nitrogens with zero attached hydrogens (tertiary/aromatic N) is 2. The van der Waals surface area contributed by atoms with Gasteiger partial charge in [0.2, 0.25) is 11.8 Å². The highest BCUT2D eigenvalue weighted by molar-refractivity contribution is 7.13. The van der Waals surface area contributed by atoms with Gasteiger partial charge in [-0.3, -0.25) is 9.59 Å². The monoisotopic (exact) mass is 426 g/mol. The predicted octanol–water partition coefficient (Wildman–Crippen LogP) is 2.60. The number of hydrogen-bond donors (Lipinski definition) is 2. The van der Waals surface area contributed by atoms with Crippen molar-refractivity contribution in [1.29, 1.82) is 0 Å². The summed E-state index contributed by atoms with van der Waals surface area (Å²) < 4.78 is 15.6. The first-order valence-corrected chi connectivity index (χ1v) is 9.83. The number of amides is 2. The lowest BCUT2D eigenvalue weighted by molar-refractivity contribution is 0.0950. The van der Waals surface area contributed by atoms with Crippen LogP contribution >= 0.6 is 11.3 Å². The fourth-order valence-corrected chi connectivity index (χ4v) is 3.46. The van der Waals surface area contributed by atoms with Crippen molar-refractivity contribution in [2.75, 3.05) is 19.2 Å². The standard InChI is InChI=1S/C20H18N4O5S/c1-27-10-17-23-24-20(30-17)19(26)22-14-5-3-13(4-6-14)18(25)21-9-12-2-7-15-16(8-12)29-11-28-15/h2-8H,9-11H2,1H3,(H,21,25)(H,22,26). The van der Waals surface area contributed by atoms with Crippen LogP contribution < -0.4 is 20.1 Å². The van der Waals surface area contributed by atoms with E-state index in [2.05, 4.69) is 20.8 Å². The van der Waals surface area contributed by atoms with Gasteiger partial charge in [0.1, 0.15) is 5.01 Å². The maximum absolute atomic E-state index is 12.4. The molecule has 10 heteroatoms. The van der Waals surface area contributed by atoms with E-state index in [0.717, 1.165) is 16.9 Å². The van der Waals surface area contributed by atoms with E-state index >= 15 is 0 Å². The van der Waals surface area contributed by atoms with E-state index in [1.807, 2.05) is 18.2 Å². The van der Waals surface area contributed by atoms with Crippen molar-refractivity contribution in [3.05, 3.63) is 63.6 Å². The van der Waals surface area contributed by atoms with Gasteiger partial charge >= 0.3 is 0 Å². The van der Waals surface area contributed by atoms with Crippen LogP contribution in [0.5, 0.6) is 11.5 Å². The number of aromatic nitrogens is 2. The number of fused-ring (bicyclic) bond motifs is 1. The second-order valence-corrected chi connectivity index (χ2v) is 7.40. The molecule has 0 saturated heterocycles. The Balaban J connectivity index is 1.32. The lowest BCUT2D eigenvalue weighted by Crippen LogP contribution is -2.22. The van der Waals surface area contributed by atoms with Crippen LogP contribution in [0.3, 0.4) is 0 Å². The van der Waals surface area contributed by atoms with Crippen LogP contribution in [0.15, 0.2) is 42.5 Å². The van der Waals surface area contributed by atoms with Gasteiger partial charge in [0.05, 0.1) is 6.61 Å². The van der Waals surface area contributed by atoms with Crippen molar-refractivity contribution in [3.63, 3.8) is 0 Å². The first kappa shape index (κ1) is 19.8. The van der Waals surface area contributed by atoms with Gasteiger partial charge in [0.15, 0.2) is 11.5 Å². The first-order valence-electron chi connectivity index (χ1n) is 9.02. The van der Waals surface area contributed by atoms with E-state index in [1.54, 1.807) is 31.4 Å². The van der Waals surface area contributed by atoms with Gasteiger partial charge in [-0.2, -0.15) is 0 Å². The zero-order valence-electron chi connectivity index (χ0n) is 16.0. The minimum atomic E-state index is -0.366. The molecular weight excluding hydrogens is 408 g/mol. The van der Waals surface area contributed by atoms with Crippen LogP contribution in [0, 0.1) is 0 Å². The van der Waals surface area contributed by atoms with Gasteiger partial charge in [-0.05, 0) is 42.0 Å². The molecule has 4 rings (SSSR count). The highest BCUT2D eigenvalue weighted by Gasteiger charge is 2.15. The van der Waals surface area contributed by atoms with Crippen molar-refractivity contribution in [1.82, 2.24) is 15.5 Å². The predicted molar refractivity (Wildman–Crippen MR) is 109 cm³/mol. The second-order valence-electron chi connectivity index (χ2n) is 6.34. The fourth-order valence-electron chi connectivity index (χ4n) is 2.75. The minimum absolute atomic E-state index is 0.210. The molecule has 2 heterocycles. The van der Waals surface area contributed by atoms with Gasteiger partial charge < -0.3 is 24.8 Å².